The summed E-state index contributed by atoms with van der Waals surface area (Å²) in [6.45, 7) is 1.73. The van der Waals surface area contributed by atoms with E-state index in [1.807, 2.05) is 0 Å². The van der Waals surface area contributed by atoms with Gasteiger partial charge in [0.15, 0.2) is 0 Å². The Hall–Kier alpha value is -0.360. The first-order chi connectivity index (χ1) is 6.43. The predicted molar refractivity (Wildman–Crippen MR) is 52.6 cm³/mol. The first kappa shape index (κ1) is 14.6. The summed E-state index contributed by atoms with van der Waals surface area (Å²) in [6, 6.07) is 2.91. The number of aryl methyl sites for hydroxylation is 1. The average Bonchev–Trinajstić information content (AvgIpc) is 2.10. The van der Waals surface area contributed by atoms with Crippen molar-refractivity contribution in [2.45, 2.75) is 6.92 Å². The molecule has 0 heterocycles. The fourth-order valence-electron chi connectivity index (χ4n) is 1.00. The van der Waals surface area contributed by atoms with Crippen LogP contribution in [-0.4, -0.2) is 11.8 Å². The molecular formula is C9H7BrNNaO3. The number of carbonyl (C=O) groups excluding carboxylic acids is 2. The minimum Gasteiger partial charge on any atom is -0.541 e. The second-order valence-electron chi connectivity index (χ2n) is 2.81. The Morgan fingerprint density at radius 3 is 2.40 bits per heavy atom. The maximum atomic E-state index is 11.1. The zero-order chi connectivity index (χ0) is 10.9. The van der Waals surface area contributed by atoms with Crippen LogP contribution in [0.5, 0.6) is 0 Å². The summed E-state index contributed by atoms with van der Waals surface area (Å²) in [4.78, 5) is 21.4. The molecule has 0 spiro atoms. The van der Waals surface area contributed by atoms with Gasteiger partial charge in [-0.3, -0.25) is 4.79 Å². The number of rotatable bonds is 2. The molecule has 0 atom stereocenters. The van der Waals surface area contributed by atoms with Crippen molar-refractivity contribution >= 4 is 33.4 Å². The van der Waals surface area contributed by atoms with Crippen molar-refractivity contribution in [1.29, 1.82) is 0 Å². The minimum atomic E-state index is -1.75. The Morgan fingerprint density at radius 1 is 1.40 bits per heavy atom. The third-order valence-corrected chi connectivity index (χ3v) is 2.62. The Kier molecular flexibility index (Phi) is 5.51. The summed E-state index contributed by atoms with van der Waals surface area (Å²) in [5.41, 5.74) is 6.31. The second-order valence-corrected chi connectivity index (χ2v) is 3.66. The number of halogens is 1. The Bertz CT molecular complexity index is 420. The van der Waals surface area contributed by atoms with Gasteiger partial charge in [-0.05, 0) is 24.6 Å². The molecule has 0 aliphatic rings. The van der Waals surface area contributed by atoms with Gasteiger partial charge < -0.3 is 15.6 Å². The van der Waals surface area contributed by atoms with E-state index >= 15 is 0 Å². The average molecular weight is 280 g/mol. The molecule has 1 rings (SSSR count). The molecule has 0 radical (unpaired) electrons. The van der Waals surface area contributed by atoms with Crippen LogP contribution in [0, 0.1) is 6.92 Å². The quantitative estimate of drug-likeness (QED) is 0.276. The van der Waals surface area contributed by atoms with Crippen LogP contribution in [0.25, 0.3) is 0 Å². The van der Waals surface area contributed by atoms with E-state index in [0.29, 0.717) is 0 Å². The van der Waals surface area contributed by atoms with E-state index in [9.17, 15) is 14.7 Å². The van der Waals surface area contributed by atoms with Crippen molar-refractivity contribution in [3.8, 4) is 0 Å². The van der Waals surface area contributed by atoms with Gasteiger partial charge in [0.25, 0.3) is 0 Å². The summed E-state index contributed by atoms with van der Waals surface area (Å²) in [7, 11) is 0. The van der Waals surface area contributed by atoms with Crippen LogP contribution in [0.4, 0.5) is 5.69 Å². The van der Waals surface area contributed by atoms with Crippen LogP contribution >= 0.6 is 15.9 Å². The molecule has 2 N–H and O–H groups in total. The van der Waals surface area contributed by atoms with Gasteiger partial charge in [0.05, 0.1) is 0 Å². The SMILES string of the molecule is Cc1cc(C(=O)C(=O)[O-])c(N)cc1Br.[Na+]. The summed E-state index contributed by atoms with van der Waals surface area (Å²) in [5, 5.41) is 10.3. The predicted octanol–water partition coefficient (Wildman–Crippen LogP) is -2.72. The first-order valence-electron chi connectivity index (χ1n) is 3.74. The second kappa shape index (κ2) is 5.65. The van der Waals surface area contributed by atoms with Crippen LogP contribution in [0.15, 0.2) is 16.6 Å². The number of nitrogens with two attached hydrogens (primary N) is 1. The zero-order valence-electron chi connectivity index (χ0n) is 8.33. The van der Waals surface area contributed by atoms with Gasteiger partial charge in [-0.1, -0.05) is 15.9 Å². The Morgan fingerprint density at radius 2 is 1.93 bits per heavy atom. The fraction of sp³-hybridized carbons (Fsp3) is 0.111. The van der Waals surface area contributed by atoms with E-state index < -0.39 is 11.8 Å². The van der Waals surface area contributed by atoms with Crippen molar-refractivity contribution in [2.75, 3.05) is 5.73 Å². The molecule has 0 bridgehead atoms. The number of Topliss-reactive ketones (excluding diaryl/α,β-unsaturated/α-hetero) is 1. The number of carboxylic acid groups (broad SMARTS) is 1. The van der Waals surface area contributed by atoms with E-state index in [0.717, 1.165) is 10.0 Å². The van der Waals surface area contributed by atoms with Gasteiger partial charge in [0, 0.05) is 15.7 Å². The van der Waals surface area contributed by atoms with Crippen LogP contribution in [-0.2, 0) is 4.79 Å². The number of aliphatic carboxylic acids is 1. The fourth-order valence-corrected chi connectivity index (χ4v) is 1.36. The van der Waals surface area contributed by atoms with Gasteiger partial charge in [-0.2, -0.15) is 0 Å². The largest absolute Gasteiger partial charge is 1.00 e. The number of benzene rings is 1. The van der Waals surface area contributed by atoms with Crippen molar-refractivity contribution < 1.29 is 44.3 Å². The third-order valence-electron chi connectivity index (χ3n) is 1.76. The van der Waals surface area contributed by atoms with Crippen LogP contribution in [0.1, 0.15) is 15.9 Å². The Balaban J connectivity index is 0.00000196. The number of carbonyl (C=O) groups is 2. The number of carboxylic acids is 1. The van der Waals surface area contributed by atoms with Gasteiger partial charge in [0.1, 0.15) is 5.97 Å². The van der Waals surface area contributed by atoms with Gasteiger partial charge >= 0.3 is 29.6 Å². The molecule has 0 fully saturated rings. The molecule has 0 aliphatic heterocycles. The molecular weight excluding hydrogens is 273 g/mol. The molecule has 0 unspecified atom stereocenters. The smallest absolute Gasteiger partial charge is 0.541 e. The molecule has 0 saturated heterocycles. The number of nitrogen functional groups attached to an aromatic ring is 1. The Labute approximate surface area is 117 Å². The normalized spacial score (nSPS) is 9.20. The van der Waals surface area contributed by atoms with E-state index in [2.05, 4.69) is 15.9 Å². The van der Waals surface area contributed by atoms with E-state index in [-0.39, 0.29) is 40.8 Å². The van der Waals surface area contributed by atoms with E-state index in [4.69, 9.17) is 5.73 Å². The molecule has 1 aromatic rings. The van der Waals surface area contributed by atoms with Crippen LogP contribution in [0.3, 0.4) is 0 Å². The minimum absolute atomic E-state index is 0. The first-order valence-corrected chi connectivity index (χ1v) is 4.54. The standard InChI is InChI=1S/C9H8BrNO3.Na/c1-4-2-5(8(12)9(13)14)7(11)3-6(4)10;/h2-3H,11H2,1H3,(H,13,14);/q;+1/p-1. The van der Waals surface area contributed by atoms with Gasteiger partial charge in [-0.25, -0.2) is 0 Å². The number of ketones is 1. The molecule has 1 aromatic carbocycles. The molecule has 74 valence electrons. The summed E-state index contributed by atoms with van der Waals surface area (Å²) < 4.78 is 0.727. The van der Waals surface area contributed by atoms with E-state index in [1.54, 1.807) is 6.92 Å². The van der Waals surface area contributed by atoms with Gasteiger partial charge in [0.2, 0.25) is 5.78 Å². The zero-order valence-corrected chi connectivity index (χ0v) is 11.9. The topological polar surface area (TPSA) is 83.2 Å². The molecule has 0 amide bonds. The third kappa shape index (κ3) is 3.31. The van der Waals surface area contributed by atoms with Crippen molar-refractivity contribution in [2.24, 2.45) is 0 Å². The molecule has 0 saturated carbocycles. The molecule has 4 nitrogen and oxygen atoms in total. The summed E-state index contributed by atoms with van der Waals surface area (Å²) in [5.74, 6) is -2.85. The van der Waals surface area contributed by atoms with Crippen molar-refractivity contribution in [1.82, 2.24) is 0 Å². The van der Waals surface area contributed by atoms with Crippen LogP contribution in [0.2, 0.25) is 0 Å². The summed E-state index contributed by atoms with van der Waals surface area (Å²) >= 11 is 3.21. The number of hydrogen-bond acceptors (Lipinski definition) is 4. The molecule has 15 heavy (non-hydrogen) atoms. The van der Waals surface area contributed by atoms with E-state index in [1.165, 1.54) is 12.1 Å². The maximum Gasteiger partial charge on any atom is 1.00 e. The monoisotopic (exact) mass is 279 g/mol. The molecule has 0 aliphatic carbocycles. The van der Waals surface area contributed by atoms with Crippen molar-refractivity contribution in [3.05, 3.63) is 27.7 Å². The number of hydrogen-bond donors (Lipinski definition) is 1. The molecule has 6 heteroatoms. The molecule has 0 aromatic heterocycles. The maximum absolute atomic E-state index is 11.1. The summed E-state index contributed by atoms with van der Waals surface area (Å²) in [6.07, 6.45) is 0. The van der Waals surface area contributed by atoms with Crippen molar-refractivity contribution in [3.63, 3.8) is 0 Å². The van der Waals surface area contributed by atoms with Crippen LogP contribution < -0.4 is 40.4 Å². The number of anilines is 1. The van der Waals surface area contributed by atoms with Gasteiger partial charge in [-0.15, -0.1) is 0 Å².